The molecule has 116 valence electrons. The molecule has 1 aromatic rings. The van der Waals surface area contributed by atoms with Gasteiger partial charge in [0, 0.05) is 41.0 Å². The van der Waals surface area contributed by atoms with Gasteiger partial charge in [-0.1, -0.05) is 18.2 Å². The van der Waals surface area contributed by atoms with Crippen LogP contribution in [0.2, 0.25) is 0 Å². The van der Waals surface area contributed by atoms with E-state index < -0.39 is 0 Å². The number of hydrogen-bond acceptors (Lipinski definition) is 3. The van der Waals surface area contributed by atoms with Gasteiger partial charge < -0.3 is 14.9 Å². The van der Waals surface area contributed by atoms with Crippen LogP contribution in [-0.4, -0.2) is 54.9 Å². The van der Waals surface area contributed by atoms with Crippen LogP contribution >= 0.6 is 0 Å². The third-order valence-electron chi connectivity index (χ3n) is 3.42. The summed E-state index contributed by atoms with van der Waals surface area (Å²) < 4.78 is 0. The minimum absolute atomic E-state index is 0.0302. The van der Waals surface area contributed by atoms with Crippen LogP contribution in [0.4, 0.5) is 0 Å². The second-order valence-electron chi connectivity index (χ2n) is 5.50. The highest BCUT2D eigenvalue weighted by atomic mass is 16.3. The van der Waals surface area contributed by atoms with Crippen LogP contribution in [-0.2, 0) is 22.4 Å². The van der Waals surface area contributed by atoms with Crippen LogP contribution in [0.25, 0.3) is 0 Å². The SMILES string of the molecule is CN(C)C(=O)CCc1cccc(CCC(=O)N(C)C)c1O. The lowest BCUT2D eigenvalue weighted by atomic mass is 10.0. The highest BCUT2D eigenvalue weighted by Gasteiger charge is 2.12. The quantitative estimate of drug-likeness (QED) is 0.863. The van der Waals surface area contributed by atoms with Crippen molar-refractivity contribution in [3.05, 3.63) is 29.3 Å². The zero-order valence-corrected chi connectivity index (χ0v) is 13.2. The summed E-state index contributed by atoms with van der Waals surface area (Å²) in [4.78, 5) is 26.3. The fourth-order valence-electron chi connectivity index (χ4n) is 1.98. The van der Waals surface area contributed by atoms with E-state index in [-0.39, 0.29) is 17.6 Å². The zero-order chi connectivity index (χ0) is 16.0. The van der Waals surface area contributed by atoms with Crippen molar-refractivity contribution in [2.75, 3.05) is 28.2 Å². The molecule has 0 saturated carbocycles. The van der Waals surface area contributed by atoms with Gasteiger partial charge in [-0.15, -0.1) is 0 Å². The van der Waals surface area contributed by atoms with Crippen LogP contribution in [0.1, 0.15) is 24.0 Å². The Morgan fingerprint density at radius 1 is 0.905 bits per heavy atom. The first kappa shape index (κ1) is 17.0. The summed E-state index contributed by atoms with van der Waals surface area (Å²) >= 11 is 0. The van der Waals surface area contributed by atoms with E-state index in [0.29, 0.717) is 25.7 Å². The largest absolute Gasteiger partial charge is 0.507 e. The highest BCUT2D eigenvalue weighted by molar-refractivity contribution is 5.76. The van der Waals surface area contributed by atoms with Crippen molar-refractivity contribution in [2.45, 2.75) is 25.7 Å². The number of aryl methyl sites for hydroxylation is 2. The molecule has 0 unspecified atom stereocenters. The van der Waals surface area contributed by atoms with Crippen molar-refractivity contribution < 1.29 is 14.7 Å². The number of carbonyl (C=O) groups is 2. The minimum atomic E-state index is 0.0302. The molecule has 1 rings (SSSR count). The first-order chi connectivity index (χ1) is 9.82. The first-order valence-electron chi connectivity index (χ1n) is 7.03. The molecule has 2 amide bonds. The van der Waals surface area contributed by atoms with E-state index in [1.54, 1.807) is 28.2 Å². The van der Waals surface area contributed by atoms with Crippen LogP contribution in [0.3, 0.4) is 0 Å². The number of nitrogens with zero attached hydrogens (tertiary/aromatic N) is 2. The molecule has 0 heterocycles. The van der Waals surface area contributed by atoms with Crippen molar-refractivity contribution in [3.63, 3.8) is 0 Å². The first-order valence-corrected chi connectivity index (χ1v) is 7.03. The maximum absolute atomic E-state index is 11.6. The molecule has 1 aromatic carbocycles. The van der Waals surface area contributed by atoms with E-state index in [1.807, 2.05) is 18.2 Å². The molecule has 0 saturated heterocycles. The normalized spacial score (nSPS) is 10.3. The van der Waals surface area contributed by atoms with Crippen molar-refractivity contribution in [3.8, 4) is 5.75 Å². The number of amides is 2. The van der Waals surface area contributed by atoms with Crippen molar-refractivity contribution in [1.29, 1.82) is 0 Å². The Kier molecular flexibility index (Phi) is 6.21. The average molecular weight is 292 g/mol. The van der Waals surface area contributed by atoms with Crippen LogP contribution in [0.5, 0.6) is 5.75 Å². The van der Waals surface area contributed by atoms with Gasteiger partial charge in [0.1, 0.15) is 5.75 Å². The zero-order valence-electron chi connectivity index (χ0n) is 13.2. The number of aromatic hydroxyl groups is 1. The Labute approximate surface area is 126 Å². The summed E-state index contributed by atoms with van der Waals surface area (Å²) in [5.41, 5.74) is 1.50. The molecule has 0 radical (unpaired) electrons. The number of hydrogen-bond donors (Lipinski definition) is 1. The summed E-state index contributed by atoms with van der Waals surface area (Å²) in [6.07, 6.45) is 1.72. The molecular formula is C16H24N2O3. The summed E-state index contributed by atoms with van der Waals surface area (Å²) in [5.74, 6) is 0.265. The minimum Gasteiger partial charge on any atom is -0.507 e. The van der Waals surface area contributed by atoms with Crippen LogP contribution in [0, 0.1) is 0 Å². The number of phenols is 1. The molecule has 1 N–H and O–H groups in total. The fraction of sp³-hybridized carbons (Fsp3) is 0.500. The van der Waals surface area contributed by atoms with Crippen LogP contribution in [0.15, 0.2) is 18.2 Å². The maximum Gasteiger partial charge on any atom is 0.222 e. The molecule has 5 heteroatoms. The molecule has 0 atom stereocenters. The van der Waals surface area contributed by atoms with E-state index in [9.17, 15) is 14.7 Å². The maximum atomic E-state index is 11.6. The monoisotopic (exact) mass is 292 g/mol. The number of rotatable bonds is 6. The summed E-state index contributed by atoms with van der Waals surface area (Å²) in [6.45, 7) is 0. The van der Waals surface area contributed by atoms with E-state index in [1.165, 1.54) is 9.80 Å². The molecule has 21 heavy (non-hydrogen) atoms. The Morgan fingerprint density at radius 2 is 1.29 bits per heavy atom. The van der Waals surface area contributed by atoms with Gasteiger partial charge in [-0.3, -0.25) is 9.59 Å². The second-order valence-corrected chi connectivity index (χ2v) is 5.50. The topological polar surface area (TPSA) is 60.9 Å². The predicted molar refractivity (Wildman–Crippen MR) is 82.1 cm³/mol. The molecule has 0 aromatic heterocycles. The lowest BCUT2D eigenvalue weighted by molar-refractivity contribution is -0.129. The lowest BCUT2D eigenvalue weighted by Crippen LogP contribution is -2.22. The van der Waals surface area contributed by atoms with Gasteiger partial charge in [-0.2, -0.15) is 0 Å². The van der Waals surface area contributed by atoms with Gasteiger partial charge in [0.2, 0.25) is 11.8 Å². The Bertz CT molecular complexity index is 468. The fourth-order valence-corrected chi connectivity index (χ4v) is 1.98. The molecule has 0 fully saturated rings. The summed E-state index contributed by atoms with van der Waals surface area (Å²) in [7, 11) is 6.86. The number of phenolic OH excluding ortho intramolecular Hbond substituents is 1. The van der Waals surface area contributed by atoms with E-state index in [4.69, 9.17) is 0 Å². The van der Waals surface area contributed by atoms with Gasteiger partial charge in [0.05, 0.1) is 0 Å². The molecule has 0 aliphatic carbocycles. The third kappa shape index (κ3) is 5.10. The van der Waals surface area contributed by atoms with E-state index in [2.05, 4.69) is 0 Å². The number of benzene rings is 1. The van der Waals surface area contributed by atoms with Gasteiger partial charge in [-0.25, -0.2) is 0 Å². The highest BCUT2D eigenvalue weighted by Crippen LogP contribution is 2.25. The van der Waals surface area contributed by atoms with Gasteiger partial charge in [0.25, 0.3) is 0 Å². The van der Waals surface area contributed by atoms with Crippen molar-refractivity contribution in [2.24, 2.45) is 0 Å². The smallest absolute Gasteiger partial charge is 0.222 e. The van der Waals surface area contributed by atoms with E-state index >= 15 is 0 Å². The molecule has 0 aliphatic rings. The summed E-state index contributed by atoms with van der Waals surface area (Å²) in [6, 6.07) is 5.48. The standard InChI is InChI=1S/C16H24N2O3/c1-17(2)14(19)10-8-12-6-5-7-13(16(12)21)9-11-15(20)18(3)4/h5-7,21H,8-11H2,1-4H3. The Morgan fingerprint density at radius 3 is 1.62 bits per heavy atom. The second kappa shape index (κ2) is 7.67. The molecular weight excluding hydrogens is 268 g/mol. The lowest BCUT2D eigenvalue weighted by Gasteiger charge is -2.13. The summed E-state index contributed by atoms with van der Waals surface area (Å²) in [5, 5.41) is 10.2. The molecule has 5 nitrogen and oxygen atoms in total. The van der Waals surface area contributed by atoms with Gasteiger partial charge >= 0.3 is 0 Å². The third-order valence-corrected chi connectivity index (χ3v) is 3.42. The average Bonchev–Trinajstić information content (AvgIpc) is 2.43. The van der Waals surface area contributed by atoms with Crippen molar-refractivity contribution in [1.82, 2.24) is 9.80 Å². The Hall–Kier alpha value is -2.04. The number of carbonyl (C=O) groups excluding carboxylic acids is 2. The van der Waals surface area contributed by atoms with Gasteiger partial charge in [-0.05, 0) is 24.0 Å². The van der Waals surface area contributed by atoms with E-state index in [0.717, 1.165) is 11.1 Å². The number of para-hydroxylation sites is 1. The Balaban J connectivity index is 2.70. The van der Waals surface area contributed by atoms with Crippen LogP contribution < -0.4 is 0 Å². The molecule has 0 spiro atoms. The molecule has 0 aliphatic heterocycles. The van der Waals surface area contributed by atoms with Gasteiger partial charge in [0.15, 0.2) is 0 Å². The molecule has 0 bridgehead atoms. The van der Waals surface area contributed by atoms with Crippen molar-refractivity contribution >= 4 is 11.8 Å². The predicted octanol–water partition coefficient (Wildman–Crippen LogP) is 1.43.